The molecule has 1 fully saturated rings. The van der Waals surface area contributed by atoms with Gasteiger partial charge >= 0.3 is 0 Å². The number of methoxy groups -OCH3 is 1. The number of anilines is 1. The van der Waals surface area contributed by atoms with Crippen molar-refractivity contribution in [3.05, 3.63) is 41.0 Å². The smallest absolute Gasteiger partial charge is 0.241 e. The standard InChI is InChI=1S/C16H19ClN4O3/c1-11-7-21(13-5-3-4-12(17)6-13)16(22)9-20(11)8-15-18-14(10-23-2)19-24-15/h3-6,11H,7-10H2,1-2H3. The number of hydrogen-bond donors (Lipinski definition) is 0. The molecule has 1 aliphatic heterocycles. The molecule has 1 aliphatic rings. The Morgan fingerprint density at radius 1 is 1.46 bits per heavy atom. The molecular formula is C16H19ClN4O3. The lowest BCUT2D eigenvalue weighted by atomic mass is 10.1. The molecule has 1 aromatic heterocycles. The quantitative estimate of drug-likeness (QED) is 0.822. The first-order valence-electron chi connectivity index (χ1n) is 7.67. The Bertz CT molecular complexity index is 721. The van der Waals surface area contributed by atoms with Crippen LogP contribution in [0.15, 0.2) is 28.8 Å². The topological polar surface area (TPSA) is 71.7 Å². The number of carbonyl (C=O) groups is 1. The number of hydrogen-bond acceptors (Lipinski definition) is 6. The van der Waals surface area contributed by atoms with Crippen LogP contribution in [0.25, 0.3) is 0 Å². The van der Waals surface area contributed by atoms with E-state index in [2.05, 4.69) is 17.1 Å². The SMILES string of the molecule is COCc1noc(CN2CC(=O)N(c3cccc(Cl)c3)CC2C)n1. The number of halogens is 1. The van der Waals surface area contributed by atoms with Crippen molar-refractivity contribution < 1.29 is 14.1 Å². The number of piperazine rings is 1. The van der Waals surface area contributed by atoms with Gasteiger partial charge < -0.3 is 14.2 Å². The van der Waals surface area contributed by atoms with Gasteiger partial charge in [0.15, 0.2) is 5.82 Å². The molecular weight excluding hydrogens is 332 g/mol. The minimum absolute atomic E-state index is 0.0204. The van der Waals surface area contributed by atoms with Crippen LogP contribution in [-0.4, -0.2) is 47.2 Å². The molecule has 8 heteroatoms. The first kappa shape index (κ1) is 16.9. The lowest BCUT2D eigenvalue weighted by Gasteiger charge is -2.38. The molecule has 1 aromatic carbocycles. The Morgan fingerprint density at radius 2 is 2.29 bits per heavy atom. The predicted octanol–water partition coefficient (Wildman–Crippen LogP) is 2.11. The maximum atomic E-state index is 12.5. The molecule has 1 unspecified atom stereocenters. The van der Waals surface area contributed by atoms with E-state index in [0.717, 1.165) is 5.69 Å². The van der Waals surface area contributed by atoms with Crippen LogP contribution in [0.4, 0.5) is 5.69 Å². The molecule has 0 aliphatic carbocycles. The van der Waals surface area contributed by atoms with Crippen LogP contribution in [0.1, 0.15) is 18.6 Å². The molecule has 0 spiro atoms. The fraction of sp³-hybridized carbons (Fsp3) is 0.438. The average molecular weight is 351 g/mol. The summed E-state index contributed by atoms with van der Waals surface area (Å²) < 4.78 is 10.2. The van der Waals surface area contributed by atoms with Crippen molar-refractivity contribution in [1.82, 2.24) is 15.0 Å². The monoisotopic (exact) mass is 350 g/mol. The van der Waals surface area contributed by atoms with Crippen LogP contribution in [0.5, 0.6) is 0 Å². The largest absolute Gasteiger partial charge is 0.377 e. The zero-order valence-corrected chi connectivity index (χ0v) is 14.4. The molecule has 0 bridgehead atoms. The van der Waals surface area contributed by atoms with Gasteiger partial charge in [0.2, 0.25) is 11.8 Å². The molecule has 1 atom stereocenters. The number of rotatable bonds is 5. The van der Waals surface area contributed by atoms with Gasteiger partial charge in [0.1, 0.15) is 6.61 Å². The lowest BCUT2D eigenvalue weighted by molar-refractivity contribution is -0.122. The Morgan fingerprint density at radius 3 is 3.04 bits per heavy atom. The van der Waals surface area contributed by atoms with E-state index in [1.807, 2.05) is 17.0 Å². The number of carbonyl (C=O) groups excluding carboxylic acids is 1. The molecule has 2 aromatic rings. The van der Waals surface area contributed by atoms with Gasteiger partial charge in [0.05, 0.1) is 13.1 Å². The van der Waals surface area contributed by atoms with E-state index < -0.39 is 0 Å². The highest BCUT2D eigenvalue weighted by Crippen LogP contribution is 2.24. The van der Waals surface area contributed by atoms with E-state index in [1.54, 1.807) is 24.1 Å². The number of amides is 1. The van der Waals surface area contributed by atoms with Gasteiger partial charge in [0, 0.05) is 30.4 Å². The van der Waals surface area contributed by atoms with Crippen molar-refractivity contribution >= 4 is 23.2 Å². The second-order valence-corrected chi connectivity index (χ2v) is 6.21. The first-order chi connectivity index (χ1) is 11.6. The zero-order chi connectivity index (χ0) is 17.1. The van der Waals surface area contributed by atoms with Crippen LogP contribution >= 0.6 is 11.6 Å². The summed E-state index contributed by atoms with van der Waals surface area (Å²) in [6, 6.07) is 7.48. The highest BCUT2D eigenvalue weighted by Gasteiger charge is 2.31. The fourth-order valence-corrected chi connectivity index (χ4v) is 2.90. The number of benzene rings is 1. The van der Waals surface area contributed by atoms with Gasteiger partial charge in [-0.2, -0.15) is 4.98 Å². The Balaban J connectivity index is 1.67. The van der Waals surface area contributed by atoms with E-state index in [4.69, 9.17) is 20.9 Å². The first-order valence-corrected chi connectivity index (χ1v) is 8.05. The van der Waals surface area contributed by atoms with Gasteiger partial charge in [-0.05, 0) is 25.1 Å². The minimum atomic E-state index is 0.0204. The van der Waals surface area contributed by atoms with Gasteiger partial charge in [-0.1, -0.05) is 22.8 Å². The van der Waals surface area contributed by atoms with E-state index in [9.17, 15) is 4.79 Å². The highest BCUT2D eigenvalue weighted by molar-refractivity contribution is 6.30. The molecule has 0 N–H and O–H groups in total. The summed E-state index contributed by atoms with van der Waals surface area (Å²) in [7, 11) is 1.58. The van der Waals surface area contributed by atoms with Crippen molar-refractivity contribution in [3.63, 3.8) is 0 Å². The van der Waals surface area contributed by atoms with Crippen molar-refractivity contribution in [3.8, 4) is 0 Å². The third-order valence-corrected chi connectivity index (χ3v) is 4.19. The maximum Gasteiger partial charge on any atom is 0.241 e. The van der Waals surface area contributed by atoms with E-state index >= 15 is 0 Å². The normalized spacial score (nSPS) is 19.0. The minimum Gasteiger partial charge on any atom is -0.377 e. The fourth-order valence-electron chi connectivity index (χ4n) is 2.72. The van der Waals surface area contributed by atoms with E-state index in [-0.39, 0.29) is 18.5 Å². The Labute approximate surface area is 145 Å². The second kappa shape index (κ2) is 7.29. The van der Waals surface area contributed by atoms with Crippen molar-refractivity contribution in [1.29, 1.82) is 0 Å². The Hall–Kier alpha value is -1.96. The molecule has 1 amide bonds. The summed E-state index contributed by atoms with van der Waals surface area (Å²) >= 11 is 6.03. The predicted molar refractivity (Wildman–Crippen MR) is 88.7 cm³/mol. The summed E-state index contributed by atoms with van der Waals surface area (Å²) in [4.78, 5) is 20.6. The van der Waals surface area contributed by atoms with Gasteiger partial charge in [-0.3, -0.25) is 9.69 Å². The van der Waals surface area contributed by atoms with E-state index in [1.165, 1.54) is 0 Å². The summed E-state index contributed by atoms with van der Waals surface area (Å²) in [6.07, 6.45) is 0. The zero-order valence-electron chi connectivity index (χ0n) is 13.6. The number of aromatic nitrogens is 2. The van der Waals surface area contributed by atoms with Gasteiger partial charge in [-0.15, -0.1) is 0 Å². The average Bonchev–Trinajstić information content (AvgIpc) is 2.98. The van der Waals surface area contributed by atoms with Crippen LogP contribution in [0.3, 0.4) is 0 Å². The van der Waals surface area contributed by atoms with Crippen LogP contribution < -0.4 is 4.90 Å². The van der Waals surface area contributed by atoms with Crippen LogP contribution in [-0.2, 0) is 22.7 Å². The molecule has 0 saturated carbocycles. The van der Waals surface area contributed by atoms with Gasteiger partial charge in [0.25, 0.3) is 0 Å². The molecule has 2 heterocycles. The van der Waals surface area contributed by atoms with Crippen molar-refractivity contribution in [2.75, 3.05) is 25.1 Å². The maximum absolute atomic E-state index is 12.5. The summed E-state index contributed by atoms with van der Waals surface area (Å²) in [6.45, 7) is 3.68. The third-order valence-electron chi connectivity index (χ3n) is 3.95. The second-order valence-electron chi connectivity index (χ2n) is 5.78. The third kappa shape index (κ3) is 3.75. The summed E-state index contributed by atoms with van der Waals surface area (Å²) in [5.74, 6) is 1.01. The molecule has 128 valence electrons. The lowest BCUT2D eigenvalue weighted by Crippen LogP contribution is -2.54. The summed E-state index contributed by atoms with van der Waals surface area (Å²) in [5, 5.41) is 4.46. The molecule has 0 radical (unpaired) electrons. The number of nitrogens with zero attached hydrogens (tertiary/aromatic N) is 4. The Kier molecular flexibility index (Phi) is 5.13. The molecule has 1 saturated heterocycles. The number of ether oxygens (including phenoxy) is 1. The van der Waals surface area contributed by atoms with Crippen LogP contribution in [0.2, 0.25) is 5.02 Å². The summed E-state index contributed by atoms with van der Waals surface area (Å²) in [5.41, 5.74) is 0.819. The molecule has 7 nitrogen and oxygen atoms in total. The van der Waals surface area contributed by atoms with Gasteiger partial charge in [-0.25, -0.2) is 0 Å². The van der Waals surface area contributed by atoms with Crippen molar-refractivity contribution in [2.24, 2.45) is 0 Å². The highest BCUT2D eigenvalue weighted by atomic mass is 35.5. The van der Waals surface area contributed by atoms with Crippen LogP contribution in [0, 0.1) is 0 Å². The molecule has 3 rings (SSSR count). The van der Waals surface area contributed by atoms with E-state index in [0.29, 0.717) is 36.4 Å². The van der Waals surface area contributed by atoms with Crippen molar-refractivity contribution in [2.45, 2.75) is 26.1 Å². The molecule has 24 heavy (non-hydrogen) atoms.